The molecule has 2 aromatic rings. The number of carbonyl (C=O) groups excluding carboxylic acids is 1. The number of aryl methyl sites for hydroxylation is 2. The van der Waals surface area contributed by atoms with Gasteiger partial charge in [0.1, 0.15) is 5.82 Å². The Labute approximate surface area is 153 Å². The Hall–Kier alpha value is -2.47. The lowest BCUT2D eigenvalue weighted by molar-refractivity contribution is 0.100. The van der Waals surface area contributed by atoms with Gasteiger partial charge in [-0.05, 0) is 62.4 Å². The monoisotopic (exact) mass is 351 g/mol. The molecule has 0 bridgehead atoms. The van der Waals surface area contributed by atoms with E-state index < -0.39 is 5.91 Å². The highest BCUT2D eigenvalue weighted by atomic mass is 16.1. The van der Waals surface area contributed by atoms with Crippen molar-refractivity contribution in [2.45, 2.75) is 44.7 Å². The maximum Gasteiger partial charge on any atom is 0.252 e. The molecule has 1 atom stereocenters. The first-order valence-electron chi connectivity index (χ1n) is 9.40. The lowest BCUT2D eigenvalue weighted by Gasteiger charge is -2.33. The molecule has 0 spiro atoms. The smallest absolute Gasteiger partial charge is 0.252 e. The molecule has 0 saturated carbocycles. The molecule has 136 valence electrons. The van der Waals surface area contributed by atoms with Gasteiger partial charge in [-0.3, -0.25) is 14.7 Å². The average molecular weight is 351 g/mol. The number of fused-ring (bicyclic) bond motifs is 1. The summed E-state index contributed by atoms with van der Waals surface area (Å²) in [6.45, 7) is 2.82. The van der Waals surface area contributed by atoms with Gasteiger partial charge in [0, 0.05) is 31.0 Å². The average Bonchev–Trinajstić information content (AvgIpc) is 3.09. The third-order valence-electron chi connectivity index (χ3n) is 5.27. The maximum absolute atomic E-state index is 11.9. The van der Waals surface area contributed by atoms with Gasteiger partial charge in [0.25, 0.3) is 5.91 Å². The standard InChI is InChI=1S/C20H25N5O/c21-19(26)17-11-14-5-3-8-18(14)24-20(17)23-16-7-4-10-25(13-16)12-15-6-1-2-9-22-15/h1-2,6,9,11,16H,3-5,7-8,10,12-13H2,(H2,21,26)(H,23,24)/t16-/m1/s1. The van der Waals surface area contributed by atoms with E-state index in [9.17, 15) is 4.79 Å². The predicted octanol–water partition coefficient (Wildman–Crippen LogP) is 2.14. The molecule has 3 heterocycles. The van der Waals surface area contributed by atoms with Crippen LogP contribution in [0.2, 0.25) is 0 Å². The molecule has 1 amide bonds. The van der Waals surface area contributed by atoms with E-state index in [0.29, 0.717) is 11.4 Å². The van der Waals surface area contributed by atoms with Crippen molar-refractivity contribution in [2.75, 3.05) is 18.4 Å². The number of nitrogens with one attached hydrogen (secondary N) is 1. The Morgan fingerprint density at radius 2 is 2.23 bits per heavy atom. The molecule has 4 rings (SSSR count). The predicted molar refractivity (Wildman–Crippen MR) is 101 cm³/mol. The minimum atomic E-state index is -0.407. The van der Waals surface area contributed by atoms with Crippen LogP contribution in [0, 0.1) is 0 Å². The van der Waals surface area contributed by atoms with E-state index in [0.717, 1.165) is 63.1 Å². The van der Waals surface area contributed by atoms with Gasteiger partial charge >= 0.3 is 0 Å². The van der Waals surface area contributed by atoms with E-state index in [2.05, 4.69) is 21.3 Å². The minimum absolute atomic E-state index is 0.262. The zero-order valence-electron chi connectivity index (χ0n) is 14.9. The molecule has 2 aliphatic rings. The number of hydrogen-bond donors (Lipinski definition) is 2. The molecular weight excluding hydrogens is 326 g/mol. The number of piperidine rings is 1. The van der Waals surface area contributed by atoms with E-state index in [4.69, 9.17) is 10.7 Å². The van der Waals surface area contributed by atoms with E-state index in [-0.39, 0.29) is 6.04 Å². The molecular formula is C20H25N5O. The summed E-state index contributed by atoms with van der Waals surface area (Å²) in [5.41, 5.74) is 9.49. The number of anilines is 1. The number of likely N-dealkylation sites (tertiary alicyclic amines) is 1. The number of amides is 1. The first-order chi connectivity index (χ1) is 12.7. The SMILES string of the molecule is NC(=O)c1cc2c(nc1N[C@@H]1CCCN(Cc3ccccn3)C1)CCC2. The normalized spacial score (nSPS) is 19.9. The Balaban J connectivity index is 1.47. The van der Waals surface area contributed by atoms with Crippen LogP contribution in [-0.4, -0.2) is 39.9 Å². The molecule has 0 aromatic carbocycles. The number of hydrogen-bond acceptors (Lipinski definition) is 5. The van der Waals surface area contributed by atoms with Crippen LogP contribution in [0.4, 0.5) is 5.82 Å². The quantitative estimate of drug-likeness (QED) is 0.862. The number of carbonyl (C=O) groups is 1. The van der Waals surface area contributed by atoms with Crippen LogP contribution < -0.4 is 11.1 Å². The maximum atomic E-state index is 11.9. The van der Waals surface area contributed by atoms with Crippen molar-refractivity contribution >= 4 is 11.7 Å². The van der Waals surface area contributed by atoms with Gasteiger partial charge in [-0.15, -0.1) is 0 Å². The highest BCUT2D eigenvalue weighted by molar-refractivity contribution is 5.97. The van der Waals surface area contributed by atoms with Crippen molar-refractivity contribution in [3.8, 4) is 0 Å². The molecule has 6 nitrogen and oxygen atoms in total. The summed E-state index contributed by atoms with van der Waals surface area (Å²) in [5, 5.41) is 3.50. The van der Waals surface area contributed by atoms with Crippen LogP contribution in [0.3, 0.4) is 0 Å². The second kappa shape index (κ2) is 7.41. The number of rotatable bonds is 5. The van der Waals surface area contributed by atoms with E-state index in [1.54, 1.807) is 0 Å². The number of nitrogens with zero attached hydrogens (tertiary/aromatic N) is 3. The van der Waals surface area contributed by atoms with Crippen molar-refractivity contribution in [3.05, 3.63) is 53.0 Å². The topological polar surface area (TPSA) is 84.1 Å². The number of nitrogens with two attached hydrogens (primary N) is 1. The number of pyridine rings is 2. The zero-order valence-corrected chi connectivity index (χ0v) is 14.9. The second-order valence-electron chi connectivity index (χ2n) is 7.25. The molecule has 3 N–H and O–H groups in total. The number of primary amides is 1. The Bertz CT molecular complexity index is 792. The van der Waals surface area contributed by atoms with E-state index in [1.807, 2.05) is 24.4 Å². The lowest BCUT2D eigenvalue weighted by atomic mass is 10.0. The fraction of sp³-hybridized carbons (Fsp3) is 0.450. The number of aromatic nitrogens is 2. The molecule has 2 aromatic heterocycles. The van der Waals surface area contributed by atoms with Crippen LogP contribution in [0.25, 0.3) is 0 Å². The summed E-state index contributed by atoms with van der Waals surface area (Å²) in [7, 11) is 0. The summed E-state index contributed by atoms with van der Waals surface area (Å²) in [5.74, 6) is 0.249. The molecule has 0 radical (unpaired) electrons. The fourth-order valence-corrected chi connectivity index (χ4v) is 4.00. The van der Waals surface area contributed by atoms with Crippen molar-refractivity contribution in [2.24, 2.45) is 5.73 Å². The van der Waals surface area contributed by atoms with Gasteiger partial charge < -0.3 is 11.1 Å². The molecule has 1 aliphatic carbocycles. The molecule has 0 unspecified atom stereocenters. The van der Waals surface area contributed by atoms with Gasteiger partial charge in [-0.25, -0.2) is 4.98 Å². The molecule has 6 heteroatoms. The van der Waals surface area contributed by atoms with Gasteiger partial charge in [0.15, 0.2) is 0 Å². The van der Waals surface area contributed by atoms with Crippen LogP contribution in [-0.2, 0) is 19.4 Å². The molecule has 1 fully saturated rings. The van der Waals surface area contributed by atoms with Gasteiger partial charge in [0.2, 0.25) is 0 Å². The minimum Gasteiger partial charge on any atom is -0.365 e. The molecule has 1 aliphatic heterocycles. The van der Waals surface area contributed by atoms with Gasteiger partial charge in [0.05, 0.1) is 11.3 Å². The lowest BCUT2D eigenvalue weighted by Crippen LogP contribution is -2.42. The Morgan fingerprint density at radius 1 is 1.31 bits per heavy atom. The second-order valence-corrected chi connectivity index (χ2v) is 7.25. The van der Waals surface area contributed by atoms with Crippen molar-refractivity contribution in [3.63, 3.8) is 0 Å². The third-order valence-corrected chi connectivity index (χ3v) is 5.27. The van der Waals surface area contributed by atoms with Crippen molar-refractivity contribution in [1.82, 2.24) is 14.9 Å². The highest BCUT2D eigenvalue weighted by Gasteiger charge is 2.24. The van der Waals surface area contributed by atoms with Crippen LogP contribution in [0.15, 0.2) is 30.5 Å². The molecule has 1 saturated heterocycles. The zero-order chi connectivity index (χ0) is 17.9. The summed E-state index contributed by atoms with van der Waals surface area (Å²) in [6.07, 6.45) is 7.09. The van der Waals surface area contributed by atoms with E-state index >= 15 is 0 Å². The summed E-state index contributed by atoms with van der Waals surface area (Å²) >= 11 is 0. The molecule has 26 heavy (non-hydrogen) atoms. The van der Waals surface area contributed by atoms with Gasteiger partial charge in [-0.1, -0.05) is 6.07 Å². The van der Waals surface area contributed by atoms with Crippen LogP contribution in [0.1, 0.15) is 46.6 Å². The van der Waals surface area contributed by atoms with Crippen molar-refractivity contribution in [1.29, 1.82) is 0 Å². The largest absolute Gasteiger partial charge is 0.365 e. The highest BCUT2D eigenvalue weighted by Crippen LogP contribution is 2.26. The van der Waals surface area contributed by atoms with Gasteiger partial charge in [-0.2, -0.15) is 0 Å². The summed E-state index contributed by atoms with van der Waals surface area (Å²) in [6, 6.07) is 8.22. The summed E-state index contributed by atoms with van der Waals surface area (Å²) < 4.78 is 0. The first-order valence-corrected chi connectivity index (χ1v) is 9.40. The Kier molecular flexibility index (Phi) is 4.84. The fourth-order valence-electron chi connectivity index (χ4n) is 4.00. The van der Waals surface area contributed by atoms with Crippen LogP contribution >= 0.6 is 0 Å². The van der Waals surface area contributed by atoms with Crippen LogP contribution in [0.5, 0.6) is 0 Å². The first kappa shape index (κ1) is 17.0. The summed E-state index contributed by atoms with van der Waals surface area (Å²) in [4.78, 5) is 23.5. The Morgan fingerprint density at radius 3 is 3.04 bits per heavy atom. The van der Waals surface area contributed by atoms with Crippen molar-refractivity contribution < 1.29 is 4.79 Å². The third kappa shape index (κ3) is 3.70. The van der Waals surface area contributed by atoms with E-state index in [1.165, 1.54) is 5.56 Å².